The van der Waals surface area contributed by atoms with Crippen LogP contribution in [0.1, 0.15) is 25.7 Å². The van der Waals surface area contributed by atoms with Gasteiger partial charge in [0.15, 0.2) is 0 Å². The summed E-state index contributed by atoms with van der Waals surface area (Å²) >= 11 is 0. The molecule has 0 aromatic heterocycles. The Bertz CT molecular complexity index is 914. The Labute approximate surface area is 191 Å². The van der Waals surface area contributed by atoms with Gasteiger partial charge < -0.3 is 41.3 Å². The van der Waals surface area contributed by atoms with E-state index in [2.05, 4.69) is 26.0 Å². The van der Waals surface area contributed by atoms with E-state index < -0.39 is 72.7 Å². The molecule has 3 rings (SSSR count). The zero-order valence-electron chi connectivity index (χ0n) is 17.8. The van der Waals surface area contributed by atoms with E-state index in [1.165, 1.54) is 0 Å². The summed E-state index contributed by atoms with van der Waals surface area (Å²) in [5, 5.41) is 41.0. The average Bonchev–Trinajstić information content (AvgIpc) is 2.73. The van der Waals surface area contributed by atoms with Gasteiger partial charge >= 0.3 is 12.4 Å². The predicted molar refractivity (Wildman–Crippen MR) is 109 cm³/mol. The van der Waals surface area contributed by atoms with Crippen molar-refractivity contribution in [3.05, 3.63) is 24.3 Å². The molecule has 14 heteroatoms. The molecule has 1 aromatic carbocycles. The monoisotopic (exact) mass is 490 g/mol. The molecule has 0 spiro atoms. The van der Waals surface area contributed by atoms with E-state index in [4.69, 9.17) is 0 Å². The van der Waals surface area contributed by atoms with Crippen LogP contribution >= 0.6 is 0 Å². The van der Waals surface area contributed by atoms with Crippen molar-refractivity contribution < 1.29 is 47.6 Å². The maximum atomic E-state index is 12.7. The maximum absolute atomic E-state index is 12.7. The van der Waals surface area contributed by atoms with Gasteiger partial charge in [-0.3, -0.25) is 9.59 Å². The summed E-state index contributed by atoms with van der Waals surface area (Å²) in [7, 11) is 0. The van der Waals surface area contributed by atoms with Gasteiger partial charge in [-0.15, -0.1) is 13.2 Å². The van der Waals surface area contributed by atoms with Gasteiger partial charge in [0.2, 0.25) is 5.91 Å². The second-order valence-corrected chi connectivity index (χ2v) is 8.23. The fourth-order valence-corrected chi connectivity index (χ4v) is 3.90. The molecule has 1 aliphatic carbocycles. The number of aliphatic hydroxyl groups excluding tert-OH is 2. The highest BCUT2D eigenvalue weighted by molar-refractivity contribution is 5.92. The van der Waals surface area contributed by atoms with Crippen molar-refractivity contribution in [3.8, 4) is 5.75 Å². The first kappa shape index (κ1) is 25.5. The van der Waals surface area contributed by atoms with E-state index in [0.29, 0.717) is 19.4 Å². The van der Waals surface area contributed by atoms with E-state index in [9.17, 15) is 42.9 Å². The van der Waals surface area contributed by atoms with Gasteiger partial charge in [-0.2, -0.15) is 0 Å². The lowest BCUT2D eigenvalue weighted by Gasteiger charge is -2.42. The van der Waals surface area contributed by atoms with E-state index >= 15 is 0 Å². The van der Waals surface area contributed by atoms with Crippen molar-refractivity contribution in [2.45, 2.75) is 61.9 Å². The number of alkyl halides is 3. The van der Waals surface area contributed by atoms with Crippen LogP contribution in [-0.4, -0.2) is 76.0 Å². The number of carbonyl (C=O) groups is 3. The minimum Gasteiger partial charge on any atom is -0.406 e. The highest BCUT2D eigenvalue weighted by Gasteiger charge is 2.49. The Hall–Kier alpha value is -3.10. The molecule has 2 fully saturated rings. The topological polar surface area (TPSA) is 169 Å². The summed E-state index contributed by atoms with van der Waals surface area (Å²) in [6, 6.07) is 1.23. The summed E-state index contributed by atoms with van der Waals surface area (Å²) in [6.45, 7) is 0.472. The second-order valence-electron chi connectivity index (χ2n) is 8.23. The second kappa shape index (κ2) is 10.0. The van der Waals surface area contributed by atoms with Crippen LogP contribution in [0.2, 0.25) is 0 Å². The first-order chi connectivity index (χ1) is 15.9. The summed E-state index contributed by atoms with van der Waals surface area (Å²) in [5.41, 5.74) is -2.08. The number of halogens is 3. The van der Waals surface area contributed by atoms with E-state index in [-0.39, 0.29) is 5.69 Å². The van der Waals surface area contributed by atoms with Crippen molar-refractivity contribution in [1.82, 2.24) is 16.0 Å². The van der Waals surface area contributed by atoms with Crippen LogP contribution in [0.5, 0.6) is 5.75 Å². The van der Waals surface area contributed by atoms with Gasteiger partial charge in [-0.25, -0.2) is 4.79 Å². The van der Waals surface area contributed by atoms with Crippen molar-refractivity contribution in [2.24, 2.45) is 0 Å². The van der Waals surface area contributed by atoms with Gasteiger partial charge in [0.1, 0.15) is 23.5 Å². The van der Waals surface area contributed by atoms with Gasteiger partial charge in [0, 0.05) is 25.1 Å². The van der Waals surface area contributed by atoms with Crippen LogP contribution in [0.25, 0.3) is 0 Å². The molecule has 1 heterocycles. The fourth-order valence-electron chi connectivity index (χ4n) is 3.90. The largest absolute Gasteiger partial charge is 0.573 e. The Morgan fingerprint density at radius 3 is 2.41 bits per heavy atom. The van der Waals surface area contributed by atoms with Crippen molar-refractivity contribution >= 4 is 23.5 Å². The standard InChI is InChI=1S/C20H25F3N4O7/c21-20(22,23)34-11-5-3-10(4-6-11)25-18(32)27-13-8-19(33,9-14(28)15(13)29)17(31)26-12-2-1-7-24-16(12)30/h3-6,12-15,28-29,33H,1-2,7-9H2,(H,24,30)(H,26,31)(H2,25,27,32)/t12-,13-,14+,15+,19-/m0/s1. The Morgan fingerprint density at radius 2 is 1.79 bits per heavy atom. The SMILES string of the molecule is O=C(Nc1ccc(OC(F)(F)F)cc1)N[C@H]1C[C@@](O)(C(=O)N[C@H]2CCCNC2=O)C[C@@H](O)[C@@H]1O. The number of hydrogen-bond acceptors (Lipinski definition) is 7. The zero-order valence-corrected chi connectivity index (χ0v) is 17.8. The summed E-state index contributed by atoms with van der Waals surface area (Å²) < 4.78 is 40.4. The number of nitrogens with one attached hydrogen (secondary N) is 4. The highest BCUT2D eigenvalue weighted by Crippen LogP contribution is 2.30. The molecule has 0 bridgehead atoms. The van der Waals surface area contributed by atoms with Crippen molar-refractivity contribution in [1.29, 1.82) is 0 Å². The minimum absolute atomic E-state index is 0.0918. The predicted octanol–water partition coefficient (Wildman–Crippen LogP) is -0.283. The number of aliphatic hydroxyl groups is 3. The maximum Gasteiger partial charge on any atom is 0.573 e. The molecule has 4 amide bonds. The molecule has 1 aliphatic heterocycles. The van der Waals surface area contributed by atoms with Crippen molar-refractivity contribution in [3.63, 3.8) is 0 Å². The number of amides is 4. The number of urea groups is 1. The van der Waals surface area contributed by atoms with Crippen LogP contribution in [-0.2, 0) is 9.59 Å². The number of ether oxygens (including phenoxy) is 1. The number of carbonyl (C=O) groups excluding carboxylic acids is 3. The molecule has 1 saturated carbocycles. The number of rotatable bonds is 5. The summed E-state index contributed by atoms with van der Waals surface area (Å²) in [6.07, 6.45) is -7.92. The first-order valence-electron chi connectivity index (χ1n) is 10.5. The molecule has 2 aliphatic rings. The molecular formula is C20H25F3N4O7. The fraction of sp³-hybridized carbons (Fsp3) is 0.550. The Morgan fingerprint density at radius 1 is 1.12 bits per heavy atom. The summed E-state index contributed by atoms with van der Waals surface area (Å²) in [4.78, 5) is 36.9. The normalized spacial score (nSPS) is 29.5. The number of benzene rings is 1. The van der Waals surface area contributed by atoms with Gasteiger partial charge in [-0.1, -0.05) is 0 Å². The molecule has 34 heavy (non-hydrogen) atoms. The average molecular weight is 490 g/mol. The Balaban J connectivity index is 1.61. The molecule has 5 atom stereocenters. The quantitative estimate of drug-likeness (QED) is 0.298. The van der Waals surface area contributed by atoms with Gasteiger partial charge in [0.05, 0.1) is 12.1 Å². The minimum atomic E-state index is -4.87. The van der Waals surface area contributed by atoms with E-state index in [1.54, 1.807) is 0 Å². The van der Waals surface area contributed by atoms with E-state index in [0.717, 1.165) is 24.3 Å². The smallest absolute Gasteiger partial charge is 0.406 e. The Kier molecular flexibility index (Phi) is 7.53. The third-order valence-corrected chi connectivity index (χ3v) is 5.59. The third-order valence-electron chi connectivity index (χ3n) is 5.59. The lowest BCUT2D eigenvalue weighted by Crippen LogP contribution is -2.65. The number of anilines is 1. The number of piperidine rings is 1. The first-order valence-corrected chi connectivity index (χ1v) is 10.5. The molecule has 7 N–H and O–H groups in total. The van der Waals surface area contributed by atoms with Crippen molar-refractivity contribution in [2.75, 3.05) is 11.9 Å². The molecule has 0 radical (unpaired) electrons. The van der Waals surface area contributed by atoms with Crippen LogP contribution in [0.3, 0.4) is 0 Å². The number of hydrogen-bond donors (Lipinski definition) is 7. The lowest BCUT2D eigenvalue weighted by molar-refractivity contribution is -0.274. The highest BCUT2D eigenvalue weighted by atomic mass is 19.4. The third kappa shape index (κ3) is 6.48. The lowest BCUT2D eigenvalue weighted by atomic mass is 9.77. The molecule has 188 valence electrons. The molecular weight excluding hydrogens is 465 g/mol. The van der Waals surface area contributed by atoms with Crippen LogP contribution in [0, 0.1) is 0 Å². The van der Waals surface area contributed by atoms with Crippen LogP contribution in [0.15, 0.2) is 24.3 Å². The van der Waals surface area contributed by atoms with Gasteiger partial charge in [-0.05, 0) is 37.1 Å². The molecule has 0 unspecified atom stereocenters. The van der Waals surface area contributed by atoms with Crippen LogP contribution in [0.4, 0.5) is 23.7 Å². The molecule has 1 aromatic rings. The van der Waals surface area contributed by atoms with E-state index in [1.807, 2.05) is 0 Å². The van der Waals surface area contributed by atoms with Crippen LogP contribution < -0.4 is 26.0 Å². The zero-order chi connectivity index (χ0) is 25.1. The molecule has 11 nitrogen and oxygen atoms in total. The summed E-state index contributed by atoms with van der Waals surface area (Å²) in [5.74, 6) is -1.82. The molecule has 1 saturated heterocycles. The van der Waals surface area contributed by atoms with Gasteiger partial charge in [0.25, 0.3) is 5.91 Å².